The topological polar surface area (TPSA) is 54.0 Å². The van der Waals surface area contributed by atoms with E-state index < -0.39 is 0 Å². The summed E-state index contributed by atoms with van der Waals surface area (Å²) in [7, 11) is 0. The van der Waals surface area contributed by atoms with Gasteiger partial charge in [0.15, 0.2) is 17.6 Å². The number of likely N-dealkylation sites (N-methyl/N-ethyl adjacent to an activating group) is 1. The Hall–Kier alpha value is -2.89. The summed E-state index contributed by atoms with van der Waals surface area (Å²) in [6.07, 6.45) is 0.791. The molecular weight excluding hydrogens is 354 g/mol. The van der Waals surface area contributed by atoms with Crippen molar-refractivity contribution in [3.05, 3.63) is 54.6 Å². The molecule has 0 aliphatic carbocycles. The Kier molecular flexibility index (Phi) is 5.55. The summed E-state index contributed by atoms with van der Waals surface area (Å²) in [5.41, 5.74) is 1.21. The third-order valence-electron chi connectivity index (χ3n) is 5.30. The highest BCUT2D eigenvalue weighted by molar-refractivity contribution is 5.74. The van der Waals surface area contributed by atoms with Gasteiger partial charge in [-0.15, -0.1) is 0 Å². The predicted molar refractivity (Wildman–Crippen MR) is 109 cm³/mol. The number of nitrogens with one attached hydrogen (secondary N) is 1. The second kappa shape index (κ2) is 8.42. The smallest absolute Gasteiger partial charge is 0.317 e. The van der Waals surface area contributed by atoms with Gasteiger partial charge >= 0.3 is 6.03 Å². The number of para-hydroxylation sites is 3. The van der Waals surface area contributed by atoms with E-state index in [1.54, 1.807) is 4.90 Å². The van der Waals surface area contributed by atoms with Crippen LogP contribution in [0.4, 0.5) is 10.5 Å². The zero-order chi connectivity index (χ0) is 19.3. The molecule has 0 aromatic heterocycles. The summed E-state index contributed by atoms with van der Waals surface area (Å²) in [5, 5.41) is 3.19. The molecule has 6 nitrogen and oxygen atoms in total. The summed E-state index contributed by atoms with van der Waals surface area (Å²) in [6.45, 7) is 5.36. The maximum absolute atomic E-state index is 12.8. The number of hydrogen-bond acceptors (Lipinski definition) is 4. The zero-order valence-electron chi connectivity index (χ0n) is 16.2. The van der Waals surface area contributed by atoms with Crippen molar-refractivity contribution in [1.29, 1.82) is 0 Å². The van der Waals surface area contributed by atoms with Gasteiger partial charge in [-0.1, -0.05) is 30.3 Å². The van der Waals surface area contributed by atoms with Gasteiger partial charge in [0.2, 0.25) is 0 Å². The minimum absolute atomic E-state index is 0.0372. The number of fused-ring (bicyclic) bond motifs is 1. The van der Waals surface area contributed by atoms with E-state index in [2.05, 4.69) is 22.3 Å². The number of urea groups is 1. The molecule has 4 rings (SSSR count). The average Bonchev–Trinajstić information content (AvgIpc) is 3.21. The Morgan fingerprint density at radius 3 is 2.68 bits per heavy atom. The molecule has 2 aromatic rings. The molecule has 2 heterocycles. The van der Waals surface area contributed by atoms with Crippen molar-refractivity contribution in [2.24, 2.45) is 0 Å². The molecule has 2 aliphatic rings. The predicted octanol–water partition coefficient (Wildman–Crippen LogP) is 3.14. The molecule has 0 radical (unpaired) electrons. The number of benzene rings is 2. The third kappa shape index (κ3) is 4.16. The first-order chi connectivity index (χ1) is 13.7. The Bertz CT molecular complexity index is 799. The second-order valence-corrected chi connectivity index (χ2v) is 7.25. The minimum atomic E-state index is -0.162. The molecule has 2 unspecified atom stereocenters. The number of nitrogens with zero attached hydrogens (tertiary/aromatic N) is 2. The normalized spacial score (nSPS) is 20.7. The fourth-order valence-electron chi connectivity index (χ4n) is 3.77. The summed E-state index contributed by atoms with van der Waals surface area (Å²) < 4.78 is 11.8. The number of carbonyl (C=O) groups is 1. The van der Waals surface area contributed by atoms with E-state index in [0.29, 0.717) is 19.7 Å². The summed E-state index contributed by atoms with van der Waals surface area (Å²) in [5.74, 6) is 1.50. The van der Waals surface area contributed by atoms with Gasteiger partial charge in [-0.3, -0.25) is 0 Å². The third-order valence-corrected chi connectivity index (χ3v) is 5.30. The van der Waals surface area contributed by atoms with E-state index in [-0.39, 0.29) is 18.2 Å². The molecule has 6 heteroatoms. The Labute approximate surface area is 166 Å². The average molecular weight is 381 g/mol. The van der Waals surface area contributed by atoms with E-state index in [1.165, 1.54) is 5.69 Å². The summed E-state index contributed by atoms with van der Waals surface area (Å²) >= 11 is 0. The summed E-state index contributed by atoms with van der Waals surface area (Å²) in [4.78, 5) is 16.9. The monoisotopic (exact) mass is 381 g/mol. The number of hydrogen-bond donors (Lipinski definition) is 1. The van der Waals surface area contributed by atoms with E-state index in [1.807, 2.05) is 49.4 Å². The van der Waals surface area contributed by atoms with Crippen LogP contribution in [0, 0.1) is 0 Å². The van der Waals surface area contributed by atoms with Crippen LogP contribution in [0.1, 0.15) is 13.3 Å². The molecule has 2 amide bonds. The fraction of sp³-hybridized carbons (Fsp3) is 0.409. The van der Waals surface area contributed by atoms with E-state index >= 15 is 0 Å². The highest BCUT2D eigenvalue weighted by Crippen LogP contribution is 2.31. The van der Waals surface area contributed by atoms with Crippen molar-refractivity contribution in [3.8, 4) is 11.5 Å². The zero-order valence-corrected chi connectivity index (χ0v) is 16.2. The molecule has 1 saturated heterocycles. The van der Waals surface area contributed by atoms with Crippen LogP contribution in [0.15, 0.2) is 54.6 Å². The van der Waals surface area contributed by atoms with Gasteiger partial charge in [0.1, 0.15) is 6.61 Å². The number of carbonyl (C=O) groups excluding carboxylic acids is 1. The first kappa shape index (κ1) is 18.5. The van der Waals surface area contributed by atoms with Crippen molar-refractivity contribution in [2.45, 2.75) is 25.5 Å². The van der Waals surface area contributed by atoms with Crippen molar-refractivity contribution in [3.63, 3.8) is 0 Å². The molecular formula is C22H27N3O3. The second-order valence-electron chi connectivity index (χ2n) is 7.25. The summed E-state index contributed by atoms with van der Waals surface area (Å²) in [6, 6.07) is 18.1. The maximum atomic E-state index is 12.8. The molecule has 2 aliphatic heterocycles. The molecule has 2 atom stereocenters. The lowest BCUT2D eigenvalue weighted by Crippen LogP contribution is -2.50. The largest absolute Gasteiger partial charge is 0.486 e. The quantitative estimate of drug-likeness (QED) is 0.865. The van der Waals surface area contributed by atoms with Gasteiger partial charge in [-0.25, -0.2) is 4.79 Å². The first-order valence-electron chi connectivity index (χ1n) is 9.97. The molecule has 2 aromatic carbocycles. The van der Waals surface area contributed by atoms with Crippen LogP contribution in [0.25, 0.3) is 0 Å². The van der Waals surface area contributed by atoms with Crippen LogP contribution in [0.3, 0.4) is 0 Å². The molecule has 148 valence electrons. The fourth-order valence-corrected chi connectivity index (χ4v) is 3.77. The lowest BCUT2D eigenvalue weighted by atomic mass is 10.2. The van der Waals surface area contributed by atoms with E-state index in [4.69, 9.17) is 9.47 Å². The van der Waals surface area contributed by atoms with Crippen molar-refractivity contribution < 1.29 is 14.3 Å². The molecule has 0 spiro atoms. The lowest BCUT2D eigenvalue weighted by Gasteiger charge is -2.31. The number of ether oxygens (including phenoxy) is 2. The van der Waals surface area contributed by atoms with E-state index in [9.17, 15) is 4.79 Å². The molecule has 28 heavy (non-hydrogen) atoms. The van der Waals surface area contributed by atoms with E-state index in [0.717, 1.165) is 31.0 Å². The molecule has 1 N–H and O–H groups in total. The first-order valence-corrected chi connectivity index (χ1v) is 9.97. The Morgan fingerprint density at radius 1 is 1.14 bits per heavy atom. The molecule has 0 saturated carbocycles. The minimum Gasteiger partial charge on any atom is -0.486 e. The Balaban J connectivity index is 1.30. The van der Waals surface area contributed by atoms with Gasteiger partial charge in [-0.2, -0.15) is 0 Å². The van der Waals surface area contributed by atoms with Crippen molar-refractivity contribution in [2.75, 3.05) is 37.7 Å². The molecule has 0 bridgehead atoms. The maximum Gasteiger partial charge on any atom is 0.317 e. The number of rotatable bonds is 5. The van der Waals surface area contributed by atoms with Gasteiger partial charge in [0.05, 0.1) is 6.54 Å². The standard InChI is InChI=1S/C22H27N3O3/c1-2-24(15-19-16-27-20-10-6-7-11-21(20)28-19)22(26)23-17-12-13-25(14-17)18-8-4-3-5-9-18/h3-11,17,19H,2,12-16H2,1H3,(H,23,26). The van der Waals surface area contributed by atoms with Crippen LogP contribution in [-0.2, 0) is 0 Å². The number of amides is 2. The number of anilines is 1. The van der Waals surface area contributed by atoms with Crippen LogP contribution in [0.2, 0.25) is 0 Å². The SMILES string of the molecule is CCN(CC1COc2ccccc2O1)C(=O)NC1CCN(c2ccccc2)C1. The lowest BCUT2D eigenvalue weighted by molar-refractivity contribution is 0.0672. The van der Waals surface area contributed by atoms with Gasteiger partial charge < -0.3 is 24.6 Å². The van der Waals surface area contributed by atoms with Crippen molar-refractivity contribution >= 4 is 11.7 Å². The van der Waals surface area contributed by atoms with Gasteiger partial charge in [-0.05, 0) is 37.6 Å². The van der Waals surface area contributed by atoms with Crippen LogP contribution < -0.4 is 19.7 Å². The van der Waals surface area contributed by atoms with Gasteiger partial charge in [0.25, 0.3) is 0 Å². The van der Waals surface area contributed by atoms with Crippen LogP contribution in [-0.4, -0.2) is 55.9 Å². The Morgan fingerprint density at radius 2 is 1.89 bits per heavy atom. The highest BCUT2D eigenvalue weighted by Gasteiger charge is 2.28. The van der Waals surface area contributed by atoms with Crippen LogP contribution >= 0.6 is 0 Å². The van der Waals surface area contributed by atoms with Crippen LogP contribution in [0.5, 0.6) is 11.5 Å². The molecule has 1 fully saturated rings. The van der Waals surface area contributed by atoms with Gasteiger partial charge in [0, 0.05) is 31.4 Å². The highest BCUT2D eigenvalue weighted by atomic mass is 16.6. The van der Waals surface area contributed by atoms with Crippen molar-refractivity contribution in [1.82, 2.24) is 10.2 Å².